The van der Waals surface area contributed by atoms with Crippen LogP contribution in [-0.2, 0) is 12.8 Å². The second-order valence-corrected chi connectivity index (χ2v) is 5.95. The zero-order valence-electron chi connectivity index (χ0n) is 11.3. The molecule has 1 unspecified atom stereocenters. The van der Waals surface area contributed by atoms with Crippen LogP contribution in [0.15, 0.2) is 48.5 Å². The van der Waals surface area contributed by atoms with Crippen LogP contribution < -0.4 is 5.32 Å². The topological polar surface area (TPSA) is 32.3 Å². The van der Waals surface area contributed by atoms with Gasteiger partial charge in [0.1, 0.15) is 0 Å². The van der Waals surface area contributed by atoms with Crippen LogP contribution in [0.1, 0.15) is 17.5 Å². The van der Waals surface area contributed by atoms with E-state index < -0.39 is 0 Å². The van der Waals surface area contributed by atoms with E-state index >= 15 is 0 Å². The van der Waals surface area contributed by atoms with Crippen molar-refractivity contribution in [1.82, 2.24) is 0 Å². The first-order chi connectivity index (χ1) is 9.71. The molecule has 0 spiro atoms. The Morgan fingerprint density at radius 2 is 1.75 bits per heavy atom. The third-order valence-electron chi connectivity index (χ3n) is 4.08. The minimum atomic E-state index is -0.276. The summed E-state index contributed by atoms with van der Waals surface area (Å²) in [6.07, 6.45) is 2.78. The first-order valence-corrected chi connectivity index (χ1v) is 7.30. The fourth-order valence-electron chi connectivity index (χ4n) is 2.92. The zero-order valence-corrected chi connectivity index (χ0v) is 12.0. The van der Waals surface area contributed by atoms with Crippen molar-refractivity contribution in [2.45, 2.75) is 24.8 Å². The van der Waals surface area contributed by atoms with Crippen molar-refractivity contribution >= 4 is 17.3 Å². The summed E-state index contributed by atoms with van der Waals surface area (Å²) in [6, 6.07) is 16.1. The third kappa shape index (κ3) is 2.67. The molecule has 3 rings (SSSR count). The number of fused-ring (bicyclic) bond motifs is 1. The molecule has 0 heterocycles. The molecule has 1 atom stereocenters. The van der Waals surface area contributed by atoms with Gasteiger partial charge in [-0.25, -0.2) is 0 Å². The number of benzene rings is 2. The number of aliphatic hydroxyl groups is 1. The highest BCUT2D eigenvalue weighted by atomic mass is 35.5. The van der Waals surface area contributed by atoms with Crippen LogP contribution in [0, 0.1) is 0 Å². The van der Waals surface area contributed by atoms with Gasteiger partial charge < -0.3 is 10.4 Å². The molecular formula is C17H18ClNO. The first kappa shape index (κ1) is 13.5. The number of aliphatic hydroxyl groups excluding tert-OH is 1. The van der Waals surface area contributed by atoms with E-state index in [-0.39, 0.29) is 12.1 Å². The molecule has 2 nitrogen and oxygen atoms in total. The first-order valence-electron chi connectivity index (χ1n) is 6.92. The average Bonchev–Trinajstić information content (AvgIpc) is 2.49. The highest BCUT2D eigenvalue weighted by Gasteiger charge is 2.33. The van der Waals surface area contributed by atoms with Crippen LogP contribution in [0.5, 0.6) is 0 Å². The van der Waals surface area contributed by atoms with E-state index in [1.165, 1.54) is 11.1 Å². The lowest BCUT2D eigenvalue weighted by molar-refractivity contribution is 0.196. The van der Waals surface area contributed by atoms with E-state index in [0.717, 1.165) is 30.0 Å². The van der Waals surface area contributed by atoms with Gasteiger partial charge in [0.2, 0.25) is 0 Å². The summed E-state index contributed by atoms with van der Waals surface area (Å²) in [4.78, 5) is 0. The van der Waals surface area contributed by atoms with Gasteiger partial charge in [0, 0.05) is 10.7 Å². The maximum absolute atomic E-state index is 9.89. The summed E-state index contributed by atoms with van der Waals surface area (Å²) in [7, 11) is 0. The van der Waals surface area contributed by atoms with Crippen molar-refractivity contribution in [3.63, 3.8) is 0 Å². The summed E-state index contributed by atoms with van der Waals surface area (Å²) in [5.74, 6) is 0. The van der Waals surface area contributed by atoms with Crippen molar-refractivity contribution in [1.29, 1.82) is 0 Å². The van der Waals surface area contributed by atoms with E-state index in [2.05, 4.69) is 29.6 Å². The quantitative estimate of drug-likeness (QED) is 0.903. The predicted molar refractivity (Wildman–Crippen MR) is 83.4 cm³/mol. The normalized spacial score (nSPS) is 21.3. The van der Waals surface area contributed by atoms with Crippen molar-refractivity contribution in [3.8, 4) is 0 Å². The summed E-state index contributed by atoms with van der Waals surface area (Å²) in [5.41, 5.74) is 3.45. The number of halogens is 1. The van der Waals surface area contributed by atoms with Gasteiger partial charge in [0.25, 0.3) is 0 Å². The predicted octanol–water partition coefficient (Wildman–Crippen LogP) is 3.67. The number of aryl methyl sites for hydroxylation is 1. The van der Waals surface area contributed by atoms with E-state index in [4.69, 9.17) is 11.6 Å². The largest absolute Gasteiger partial charge is 0.394 e. The Kier molecular flexibility index (Phi) is 3.68. The third-order valence-corrected chi connectivity index (χ3v) is 4.33. The highest BCUT2D eigenvalue weighted by molar-refractivity contribution is 6.30. The zero-order chi connectivity index (χ0) is 14.0. The summed E-state index contributed by atoms with van der Waals surface area (Å²) in [6.45, 7) is 0.129. The molecule has 0 radical (unpaired) electrons. The van der Waals surface area contributed by atoms with Gasteiger partial charge in [-0.15, -0.1) is 0 Å². The molecule has 0 saturated heterocycles. The van der Waals surface area contributed by atoms with Gasteiger partial charge in [-0.3, -0.25) is 0 Å². The van der Waals surface area contributed by atoms with Gasteiger partial charge in [-0.2, -0.15) is 0 Å². The molecule has 2 aromatic rings. The van der Waals surface area contributed by atoms with Crippen molar-refractivity contribution in [2.75, 3.05) is 11.9 Å². The molecule has 2 aromatic carbocycles. The molecule has 0 saturated carbocycles. The van der Waals surface area contributed by atoms with E-state index in [9.17, 15) is 5.11 Å². The Labute approximate surface area is 124 Å². The van der Waals surface area contributed by atoms with Crippen LogP contribution in [0.4, 0.5) is 5.69 Å². The Bertz CT molecular complexity index is 596. The number of rotatable bonds is 3. The highest BCUT2D eigenvalue weighted by Crippen LogP contribution is 2.31. The molecule has 20 heavy (non-hydrogen) atoms. The summed E-state index contributed by atoms with van der Waals surface area (Å²) < 4.78 is 0. The standard InChI is InChI=1S/C17H18ClNO/c18-15-5-7-16(8-6-15)19-17(12-20)10-9-13-3-1-2-4-14(13)11-17/h1-8,19-20H,9-12H2. The molecule has 0 aliphatic heterocycles. The summed E-state index contributed by atoms with van der Waals surface area (Å²) >= 11 is 5.91. The number of hydrogen-bond donors (Lipinski definition) is 2. The second kappa shape index (κ2) is 5.47. The molecular weight excluding hydrogens is 270 g/mol. The second-order valence-electron chi connectivity index (χ2n) is 5.52. The van der Waals surface area contributed by atoms with Crippen LogP contribution in [0.25, 0.3) is 0 Å². The minimum absolute atomic E-state index is 0.129. The van der Waals surface area contributed by atoms with Gasteiger partial charge in [-0.1, -0.05) is 35.9 Å². The maximum atomic E-state index is 9.89. The lowest BCUT2D eigenvalue weighted by Gasteiger charge is -2.38. The fraction of sp³-hybridized carbons (Fsp3) is 0.294. The Morgan fingerprint density at radius 1 is 1.05 bits per heavy atom. The maximum Gasteiger partial charge on any atom is 0.0664 e. The van der Waals surface area contributed by atoms with Gasteiger partial charge in [-0.05, 0) is 54.7 Å². The number of nitrogens with one attached hydrogen (secondary N) is 1. The van der Waals surface area contributed by atoms with E-state index in [0.29, 0.717) is 0 Å². The van der Waals surface area contributed by atoms with E-state index in [1.54, 1.807) is 0 Å². The number of hydrogen-bond acceptors (Lipinski definition) is 2. The van der Waals surface area contributed by atoms with Crippen molar-refractivity contribution in [3.05, 3.63) is 64.7 Å². The molecule has 0 fully saturated rings. The smallest absolute Gasteiger partial charge is 0.0664 e. The SMILES string of the molecule is OCC1(Nc2ccc(Cl)cc2)CCc2ccccc2C1. The van der Waals surface area contributed by atoms with Crippen molar-refractivity contribution < 1.29 is 5.11 Å². The molecule has 0 bridgehead atoms. The molecule has 2 N–H and O–H groups in total. The van der Waals surface area contributed by atoms with Gasteiger partial charge >= 0.3 is 0 Å². The summed E-state index contributed by atoms with van der Waals surface area (Å²) in [5, 5.41) is 14.1. The monoisotopic (exact) mass is 287 g/mol. The average molecular weight is 288 g/mol. The molecule has 1 aliphatic rings. The molecule has 0 aromatic heterocycles. The Hall–Kier alpha value is -1.51. The van der Waals surface area contributed by atoms with Crippen LogP contribution in [0.2, 0.25) is 5.02 Å². The molecule has 3 heteroatoms. The minimum Gasteiger partial charge on any atom is -0.394 e. The fourth-order valence-corrected chi connectivity index (χ4v) is 3.05. The molecule has 0 amide bonds. The van der Waals surface area contributed by atoms with Gasteiger partial charge in [0.05, 0.1) is 12.1 Å². The Morgan fingerprint density at radius 3 is 2.45 bits per heavy atom. The van der Waals surface area contributed by atoms with Gasteiger partial charge in [0.15, 0.2) is 0 Å². The van der Waals surface area contributed by atoms with Crippen LogP contribution in [0.3, 0.4) is 0 Å². The van der Waals surface area contributed by atoms with Crippen LogP contribution >= 0.6 is 11.6 Å². The number of anilines is 1. The lowest BCUT2D eigenvalue weighted by atomic mass is 9.78. The van der Waals surface area contributed by atoms with Crippen molar-refractivity contribution in [2.24, 2.45) is 0 Å². The lowest BCUT2D eigenvalue weighted by Crippen LogP contribution is -2.47. The Balaban J connectivity index is 1.84. The molecule has 1 aliphatic carbocycles. The van der Waals surface area contributed by atoms with E-state index in [1.807, 2.05) is 24.3 Å². The molecule has 104 valence electrons. The van der Waals surface area contributed by atoms with Crippen LogP contribution in [-0.4, -0.2) is 17.3 Å².